The highest BCUT2D eigenvalue weighted by molar-refractivity contribution is 5.39. The third-order valence-corrected chi connectivity index (χ3v) is 3.28. The first kappa shape index (κ1) is 15.3. The van der Waals surface area contributed by atoms with Crippen LogP contribution in [0.3, 0.4) is 0 Å². The molecule has 0 saturated heterocycles. The number of hydrogen-bond donors (Lipinski definition) is 1. The zero-order chi connectivity index (χ0) is 15.1. The molecule has 1 aromatic carbocycles. The number of rotatable bonds is 7. The van der Waals surface area contributed by atoms with Crippen molar-refractivity contribution in [2.45, 2.75) is 19.4 Å². The fourth-order valence-electron chi connectivity index (χ4n) is 2.27. The van der Waals surface area contributed by atoms with Crippen molar-refractivity contribution in [2.24, 2.45) is 0 Å². The number of benzene rings is 1. The van der Waals surface area contributed by atoms with E-state index in [4.69, 9.17) is 9.47 Å². The second kappa shape index (κ2) is 7.64. The molecule has 0 bridgehead atoms. The highest BCUT2D eigenvalue weighted by Crippen LogP contribution is 2.28. The van der Waals surface area contributed by atoms with E-state index in [9.17, 15) is 0 Å². The van der Waals surface area contributed by atoms with Gasteiger partial charge in [-0.25, -0.2) is 4.98 Å². The van der Waals surface area contributed by atoms with E-state index in [0.717, 1.165) is 29.9 Å². The van der Waals surface area contributed by atoms with E-state index >= 15 is 0 Å². The Hall–Kier alpha value is -2.07. The van der Waals surface area contributed by atoms with Crippen molar-refractivity contribution in [1.29, 1.82) is 0 Å². The molecular weight excluding hydrogens is 264 g/mol. The second-order valence-corrected chi connectivity index (χ2v) is 4.74. The van der Waals surface area contributed by atoms with Gasteiger partial charge in [0.1, 0.15) is 5.75 Å². The molecule has 0 radical (unpaired) electrons. The Bertz CT molecular complexity index is 555. The number of ether oxygens (including phenoxy) is 2. The SMILES string of the molecule is CCCOc1ccc(C(NC)c2cccnc2OC)cc1. The van der Waals surface area contributed by atoms with Crippen LogP contribution in [0.5, 0.6) is 11.6 Å². The summed E-state index contributed by atoms with van der Waals surface area (Å²) in [4.78, 5) is 4.26. The van der Waals surface area contributed by atoms with Gasteiger partial charge in [-0.2, -0.15) is 0 Å². The Morgan fingerprint density at radius 1 is 1.19 bits per heavy atom. The minimum Gasteiger partial charge on any atom is -0.494 e. The van der Waals surface area contributed by atoms with Crippen LogP contribution in [0.25, 0.3) is 0 Å². The molecule has 112 valence electrons. The van der Waals surface area contributed by atoms with Gasteiger partial charge in [0.25, 0.3) is 0 Å². The number of aromatic nitrogens is 1. The molecule has 4 nitrogen and oxygen atoms in total. The van der Waals surface area contributed by atoms with Gasteiger partial charge in [0, 0.05) is 11.8 Å². The lowest BCUT2D eigenvalue weighted by Gasteiger charge is -2.19. The first-order chi connectivity index (χ1) is 10.3. The Balaban J connectivity index is 2.24. The maximum Gasteiger partial charge on any atom is 0.218 e. The lowest BCUT2D eigenvalue weighted by Crippen LogP contribution is -2.18. The van der Waals surface area contributed by atoms with Crippen molar-refractivity contribution >= 4 is 0 Å². The Kier molecular flexibility index (Phi) is 5.58. The fraction of sp³-hybridized carbons (Fsp3) is 0.353. The summed E-state index contributed by atoms with van der Waals surface area (Å²) in [7, 11) is 3.57. The summed E-state index contributed by atoms with van der Waals surface area (Å²) >= 11 is 0. The van der Waals surface area contributed by atoms with Gasteiger partial charge >= 0.3 is 0 Å². The van der Waals surface area contributed by atoms with Crippen LogP contribution in [-0.4, -0.2) is 25.7 Å². The van der Waals surface area contributed by atoms with E-state index in [1.165, 1.54) is 0 Å². The minimum atomic E-state index is 0.0360. The average molecular weight is 286 g/mol. The summed E-state index contributed by atoms with van der Waals surface area (Å²) in [6.07, 6.45) is 2.74. The minimum absolute atomic E-state index is 0.0360. The van der Waals surface area contributed by atoms with Crippen LogP contribution in [0.15, 0.2) is 42.6 Å². The molecule has 1 aromatic heterocycles. The number of nitrogens with one attached hydrogen (secondary N) is 1. The number of nitrogens with zero attached hydrogens (tertiary/aromatic N) is 1. The molecule has 1 heterocycles. The maximum atomic E-state index is 5.62. The summed E-state index contributed by atoms with van der Waals surface area (Å²) in [5.41, 5.74) is 2.16. The van der Waals surface area contributed by atoms with Gasteiger partial charge in [0.15, 0.2) is 0 Å². The summed E-state index contributed by atoms with van der Waals surface area (Å²) in [5, 5.41) is 3.31. The monoisotopic (exact) mass is 286 g/mol. The van der Waals surface area contributed by atoms with E-state index in [2.05, 4.69) is 29.4 Å². The number of pyridine rings is 1. The number of methoxy groups -OCH3 is 1. The Labute approximate surface area is 126 Å². The predicted octanol–water partition coefficient (Wildman–Crippen LogP) is 3.19. The molecule has 1 atom stereocenters. The highest BCUT2D eigenvalue weighted by atomic mass is 16.5. The van der Waals surface area contributed by atoms with Crippen molar-refractivity contribution in [2.75, 3.05) is 20.8 Å². The van der Waals surface area contributed by atoms with E-state index in [1.54, 1.807) is 13.3 Å². The molecule has 2 aromatic rings. The Morgan fingerprint density at radius 3 is 2.57 bits per heavy atom. The third kappa shape index (κ3) is 3.73. The van der Waals surface area contributed by atoms with Crippen LogP contribution in [-0.2, 0) is 0 Å². The lowest BCUT2D eigenvalue weighted by atomic mass is 10.00. The zero-order valence-electron chi connectivity index (χ0n) is 12.8. The molecule has 0 aliphatic rings. The fourth-order valence-corrected chi connectivity index (χ4v) is 2.27. The maximum absolute atomic E-state index is 5.62. The van der Waals surface area contributed by atoms with E-state index in [1.807, 2.05) is 31.3 Å². The lowest BCUT2D eigenvalue weighted by molar-refractivity contribution is 0.317. The van der Waals surface area contributed by atoms with Crippen LogP contribution in [0, 0.1) is 0 Å². The summed E-state index contributed by atoms with van der Waals surface area (Å²) < 4.78 is 11.0. The van der Waals surface area contributed by atoms with Gasteiger partial charge in [0.05, 0.1) is 19.8 Å². The highest BCUT2D eigenvalue weighted by Gasteiger charge is 2.17. The average Bonchev–Trinajstić information content (AvgIpc) is 2.55. The van der Waals surface area contributed by atoms with Crippen LogP contribution in [0.2, 0.25) is 0 Å². The summed E-state index contributed by atoms with van der Waals surface area (Å²) in [5.74, 6) is 1.54. The normalized spacial score (nSPS) is 12.0. The van der Waals surface area contributed by atoms with Gasteiger partial charge in [-0.1, -0.05) is 25.1 Å². The van der Waals surface area contributed by atoms with Crippen LogP contribution in [0.1, 0.15) is 30.5 Å². The molecule has 1 N–H and O–H groups in total. The van der Waals surface area contributed by atoms with E-state index < -0.39 is 0 Å². The molecule has 0 aliphatic carbocycles. The molecular formula is C17H22N2O2. The van der Waals surface area contributed by atoms with Crippen molar-refractivity contribution in [3.8, 4) is 11.6 Å². The van der Waals surface area contributed by atoms with Crippen LogP contribution < -0.4 is 14.8 Å². The molecule has 1 unspecified atom stereocenters. The van der Waals surface area contributed by atoms with E-state index in [-0.39, 0.29) is 6.04 Å². The topological polar surface area (TPSA) is 43.4 Å². The van der Waals surface area contributed by atoms with Crippen molar-refractivity contribution in [3.05, 3.63) is 53.7 Å². The van der Waals surface area contributed by atoms with Crippen molar-refractivity contribution < 1.29 is 9.47 Å². The zero-order valence-corrected chi connectivity index (χ0v) is 12.8. The second-order valence-electron chi connectivity index (χ2n) is 4.74. The molecule has 4 heteroatoms. The largest absolute Gasteiger partial charge is 0.494 e. The van der Waals surface area contributed by atoms with Crippen LogP contribution in [0.4, 0.5) is 0 Å². The predicted molar refractivity (Wildman–Crippen MR) is 83.9 cm³/mol. The molecule has 2 rings (SSSR count). The number of hydrogen-bond acceptors (Lipinski definition) is 4. The molecule has 0 spiro atoms. The molecule has 21 heavy (non-hydrogen) atoms. The third-order valence-electron chi connectivity index (χ3n) is 3.28. The van der Waals surface area contributed by atoms with Crippen molar-refractivity contribution in [1.82, 2.24) is 10.3 Å². The Morgan fingerprint density at radius 2 is 1.95 bits per heavy atom. The van der Waals surface area contributed by atoms with Gasteiger partial charge in [-0.05, 0) is 37.2 Å². The van der Waals surface area contributed by atoms with Crippen molar-refractivity contribution in [3.63, 3.8) is 0 Å². The molecule has 0 fully saturated rings. The van der Waals surface area contributed by atoms with Gasteiger partial charge in [-0.3, -0.25) is 0 Å². The standard InChI is InChI=1S/C17H22N2O2/c1-4-12-21-14-9-7-13(8-10-14)16(18-2)15-6-5-11-19-17(15)20-3/h5-11,16,18H,4,12H2,1-3H3. The molecule has 0 aliphatic heterocycles. The molecule has 0 amide bonds. The summed E-state index contributed by atoms with van der Waals surface area (Å²) in [6.45, 7) is 2.84. The van der Waals surface area contributed by atoms with Crippen LogP contribution >= 0.6 is 0 Å². The smallest absolute Gasteiger partial charge is 0.218 e. The van der Waals surface area contributed by atoms with Gasteiger partial charge < -0.3 is 14.8 Å². The quantitative estimate of drug-likeness (QED) is 0.849. The van der Waals surface area contributed by atoms with E-state index in [0.29, 0.717) is 5.88 Å². The first-order valence-corrected chi connectivity index (χ1v) is 7.19. The van der Waals surface area contributed by atoms with Gasteiger partial charge in [-0.15, -0.1) is 0 Å². The molecule has 0 saturated carbocycles. The first-order valence-electron chi connectivity index (χ1n) is 7.19. The summed E-state index contributed by atoms with van der Waals surface area (Å²) in [6, 6.07) is 12.1. The van der Waals surface area contributed by atoms with Gasteiger partial charge in [0.2, 0.25) is 5.88 Å².